The maximum Gasteiger partial charge on any atom is 0.0526 e. The minimum Gasteiger partial charge on any atom is -0.385 e. The summed E-state index contributed by atoms with van der Waals surface area (Å²) in [7, 11) is 0. The van der Waals surface area contributed by atoms with Gasteiger partial charge in [0.2, 0.25) is 0 Å². The third-order valence-electron chi connectivity index (χ3n) is 3.85. The zero-order chi connectivity index (χ0) is 14.5. The summed E-state index contributed by atoms with van der Waals surface area (Å²) in [6.07, 6.45) is 6.86. The summed E-state index contributed by atoms with van der Waals surface area (Å²) in [5.41, 5.74) is 5.41. The smallest absolute Gasteiger partial charge is 0.0526 e. The Labute approximate surface area is 131 Å². The average molecular weight is 298 g/mol. The van der Waals surface area contributed by atoms with E-state index in [1.54, 1.807) is 11.1 Å². The summed E-state index contributed by atoms with van der Waals surface area (Å²) in [5, 5.41) is 3.42. The lowest BCUT2D eigenvalue weighted by atomic mass is 10.1. The van der Waals surface area contributed by atoms with Crippen LogP contribution >= 0.6 is 11.8 Å². The van der Waals surface area contributed by atoms with Crippen molar-refractivity contribution in [2.75, 3.05) is 11.9 Å². The number of aromatic nitrogens is 1. The van der Waals surface area contributed by atoms with Gasteiger partial charge in [-0.15, -0.1) is 11.8 Å². The Bertz CT molecular complexity index is 610. The first-order valence-electron chi connectivity index (χ1n) is 7.78. The Hall–Kier alpha value is -1.48. The van der Waals surface area contributed by atoms with Crippen LogP contribution in [0.5, 0.6) is 0 Å². The van der Waals surface area contributed by atoms with E-state index in [9.17, 15) is 0 Å². The fraction of sp³-hybridized carbons (Fsp3) is 0.389. The third-order valence-corrected chi connectivity index (χ3v) is 4.88. The van der Waals surface area contributed by atoms with Crippen LogP contribution in [0.3, 0.4) is 0 Å². The maximum atomic E-state index is 4.47. The molecule has 0 spiro atoms. The SMILES string of the molecule is CCCNc1ccnc(CSc2ccc3c(c2)CCC3)c1. The molecular weight excluding hydrogens is 276 g/mol. The number of nitrogens with one attached hydrogen (secondary N) is 1. The average Bonchev–Trinajstić information content (AvgIpc) is 2.99. The largest absolute Gasteiger partial charge is 0.385 e. The van der Waals surface area contributed by atoms with Crippen molar-refractivity contribution in [2.24, 2.45) is 0 Å². The van der Waals surface area contributed by atoms with E-state index in [1.165, 1.54) is 29.8 Å². The van der Waals surface area contributed by atoms with Gasteiger partial charge in [-0.2, -0.15) is 0 Å². The number of anilines is 1. The lowest BCUT2D eigenvalue weighted by molar-refractivity contribution is 0.911. The first-order valence-corrected chi connectivity index (χ1v) is 8.77. The van der Waals surface area contributed by atoms with Gasteiger partial charge in [-0.3, -0.25) is 4.98 Å². The number of fused-ring (bicyclic) bond motifs is 1. The molecule has 0 atom stereocenters. The Kier molecular flexibility index (Phi) is 4.81. The Morgan fingerprint density at radius 3 is 2.95 bits per heavy atom. The molecule has 0 fully saturated rings. The first-order chi connectivity index (χ1) is 10.3. The second-order valence-corrected chi connectivity index (χ2v) is 6.58. The molecule has 1 aliphatic rings. The van der Waals surface area contributed by atoms with Gasteiger partial charge in [-0.25, -0.2) is 0 Å². The van der Waals surface area contributed by atoms with Crippen LogP contribution in [-0.4, -0.2) is 11.5 Å². The van der Waals surface area contributed by atoms with Crippen LogP contribution in [0.2, 0.25) is 0 Å². The number of benzene rings is 1. The van der Waals surface area contributed by atoms with Crippen molar-refractivity contribution in [1.29, 1.82) is 0 Å². The molecule has 1 aromatic heterocycles. The van der Waals surface area contributed by atoms with Gasteiger partial charge in [-0.05, 0) is 61.1 Å². The monoisotopic (exact) mass is 298 g/mol. The van der Waals surface area contributed by atoms with Crippen molar-refractivity contribution in [3.63, 3.8) is 0 Å². The van der Waals surface area contributed by atoms with E-state index in [2.05, 4.69) is 41.5 Å². The lowest BCUT2D eigenvalue weighted by Crippen LogP contribution is -2.00. The standard InChI is InChI=1S/C18H22N2S/c1-2-9-19-16-8-10-20-17(12-16)13-21-18-7-6-14-4-3-5-15(14)11-18/h6-8,10-12H,2-5,9,13H2,1H3,(H,19,20). The van der Waals surface area contributed by atoms with Crippen LogP contribution in [-0.2, 0) is 18.6 Å². The summed E-state index contributed by atoms with van der Waals surface area (Å²) < 4.78 is 0. The van der Waals surface area contributed by atoms with Crippen molar-refractivity contribution in [2.45, 2.75) is 43.3 Å². The predicted octanol–water partition coefficient (Wildman–Crippen LogP) is 4.68. The maximum absolute atomic E-state index is 4.47. The van der Waals surface area contributed by atoms with Gasteiger partial charge in [0.05, 0.1) is 5.69 Å². The molecule has 0 saturated carbocycles. The topological polar surface area (TPSA) is 24.9 Å². The molecule has 2 nitrogen and oxygen atoms in total. The van der Waals surface area contributed by atoms with Crippen molar-refractivity contribution >= 4 is 17.4 Å². The number of hydrogen-bond acceptors (Lipinski definition) is 3. The van der Waals surface area contributed by atoms with Crippen LogP contribution in [0.1, 0.15) is 36.6 Å². The number of rotatable bonds is 6. The lowest BCUT2D eigenvalue weighted by Gasteiger charge is -2.07. The summed E-state index contributed by atoms with van der Waals surface area (Å²) in [4.78, 5) is 5.84. The molecule has 0 radical (unpaired) electrons. The molecule has 2 aromatic rings. The van der Waals surface area contributed by atoms with Gasteiger partial charge in [0, 0.05) is 29.1 Å². The molecule has 3 rings (SSSR count). The van der Waals surface area contributed by atoms with Crippen molar-refractivity contribution in [3.8, 4) is 0 Å². The van der Waals surface area contributed by atoms with Crippen LogP contribution < -0.4 is 5.32 Å². The number of nitrogens with zero attached hydrogens (tertiary/aromatic N) is 1. The Morgan fingerprint density at radius 2 is 2.05 bits per heavy atom. The number of hydrogen-bond donors (Lipinski definition) is 1. The molecule has 0 unspecified atom stereocenters. The Balaban J connectivity index is 1.62. The summed E-state index contributed by atoms with van der Waals surface area (Å²) in [6.45, 7) is 3.19. The van der Waals surface area contributed by atoms with E-state index < -0.39 is 0 Å². The van der Waals surface area contributed by atoms with Gasteiger partial charge >= 0.3 is 0 Å². The molecular formula is C18H22N2S. The first kappa shape index (κ1) is 14.5. The van der Waals surface area contributed by atoms with E-state index >= 15 is 0 Å². The van der Waals surface area contributed by atoms with E-state index in [-0.39, 0.29) is 0 Å². The van der Waals surface area contributed by atoms with Crippen LogP contribution in [0.4, 0.5) is 5.69 Å². The molecule has 1 aliphatic carbocycles. The highest BCUT2D eigenvalue weighted by molar-refractivity contribution is 7.98. The molecule has 1 N–H and O–H groups in total. The highest BCUT2D eigenvalue weighted by Crippen LogP contribution is 2.29. The number of aryl methyl sites for hydroxylation is 2. The zero-order valence-electron chi connectivity index (χ0n) is 12.6. The quantitative estimate of drug-likeness (QED) is 0.783. The Morgan fingerprint density at radius 1 is 1.14 bits per heavy atom. The van der Waals surface area contributed by atoms with Crippen molar-refractivity contribution in [3.05, 3.63) is 53.3 Å². The molecule has 0 aliphatic heterocycles. The van der Waals surface area contributed by atoms with Crippen molar-refractivity contribution < 1.29 is 0 Å². The fourth-order valence-corrected chi connectivity index (χ4v) is 3.59. The molecule has 21 heavy (non-hydrogen) atoms. The third kappa shape index (κ3) is 3.79. The minimum atomic E-state index is 0.931. The van der Waals surface area contributed by atoms with Gasteiger partial charge in [0.25, 0.3) is 0 Å². The normalized spacial score (nSPS) is 13.2. The van der Waals surface area contributed by atoms with Crippen molar-refractivity contribution in [1.82, 2.24) is 4.98 Å². The fourth-order valence-electron chi connectivity index (χ4n) is 2.73. The van der Waals surface area contributed by atoms with E-state index in [0.29, 0.717) is 0 Å². The highest BCUT2D eigenvalue weighted by atomic mass is 32.2. The van der Waals surface area contributed by atoms with E-state index in [4.69, 9.17) is 0 Å². The highest BCUT2D eigenvalue weighted by Gasteiger charge is 2.11. The summed E-state index contributed by atoms with van der Waals surface area (Å²) in [6, 6.07) is 11.1. The van der Waals surface area contributed by atoms with Gasteiger partial charge in [-0.1, -0.05) is 13.0 Å². The second kappa shape index (κ2) is 6.99. The van der Waals surface area contributed by atoms with E-state index in [0.717, 1.165) is 24.4 Å². The van der Waals surface area contributed by atoms with Gasteiger partial charge in [0.1, 0.15) is 0 Å². The molecule has 1 aromatic carbocycles. The molecule has 1 heterocycles. The number of thioether (sulfide) groups is 1. The second-order valence-electron chi connectivity index (χ2n) is 5.54. The minimum absolute atomic E-state index is 0.931. The van der Waals surface area contributed by atoms with Gasteiger partial charge < -0.3 is 5.32 Å². The molecule has 110 valence electrons. The molecule has 3 heteroatoms. The molecule has 0 saturated heterocycles. The number of pyridine rings is 1. The molecule has 0 amide bonds. The van der Waals surface area contributed by atoms with Crippen LogP contribution in [0, 0.1) is 0 Å². The molecule has 0 bridgehead atoms. The summed E-state index contributed by atoms with van der Waals surface area (Å²) in [5.74, 6) is 0.931. The van der Waals surface area contributed by atoms with Crippen LogP contribution in [0.25, 0.3) is 0 Å². The summed E-state index contributed by atoms with van der Waals surface area (Å²) >= 11 is 1.88. The van der Waals surface area contributed by atoms with Gasteiger partial charge in [0.15, 0.2) is 0 Å². The predicted molar refractivity (Wildman–Crippen MR) is 91.0 cm³/mol. The van der Waals surface area contributed by atoms with Crippen LogP contribution in [0.15, 0.2) is 41.4 Å². The van der Waals surface area contributed by atoms with E-state index in [1.807, 2.05) is 24.0 Å². The zero-order valence-corrected chi connectivity index (χ0v) is 13.4.